The first-order valence-corrected chi connectivity index (χ1v) is 12.1. The van der Waals surface area contributed by atoms with Gasteiger partial charge in [-0.15, -0.1) is 0 Å². The lowest BCUT2D eigenvalue weighted by Crippen LogP contribution is -2.35. The third-order valence-corrected chi connectivity index (χ3v) is 6.86. The van der Waals surface area contributed by atoms with E-state index in [1.54, 1.807) is 6.20 Å². The van der Waals surface area contributed by atoms with Crippen molar-refractivity contribution in [2.24, 2.45) is 5.92 Å². The smallest absolute Gasteiger partial charge is 0.369 e. The number of alkyl halides is 3. The molecule has 1 N–H and O–H groups in total. The lowest BCUT2D eigenvalue weighted by atomic mass is 9.96. The fourth-order valence-electron chi connectivity index (χ4n) is 4.35. The van der Waals surface area contributed by atoms with Crippen LogP contribution in [0, 0.1) is 12.8 Å². The molecule has 4 aromatic heterocycles. The molecule has 0 radical (unpaired) electrons. The van der Waals surface area contributed by atoms with Crippen molar-refractivity contribution in [2.75, 3.05) is 25.0 Å². The molecular weight excluding hydrogens is 463 g/mol. The average Bonchev–Trinajstić information content (AvgIpc) is 3.49. The summed E-state index contributed by atoms with van der Waals surface area (Å²) in [7, 11) is 0. The molecule has 34 heavy (non-hydrogen) atoms. The second-order valence-corrected chi connectivity index (χ2v) is 9.43. The molecule has 5 rings (SSSR count). The van der Waals surface area contributed by atoms with Gasteiger partial charge < -0.3 is 9.84 Å². The van der Waals surface area contributed by atoms with Gasteiger partial charge in [0, 0.05) is 36.3 Å². The van der Waals surface area contributed by atoms with Crippen molar-refractivity contribution in [3.05, 3.63) is 58.4 Å². The number of thiophene rings is 1. The summed E-state index contributed by atoms with van der Waals surface area (Å²) in [6, 6.07) is 6.32. The Labute approximate surface area is 198 Å². The second kappa shape index (κ2) is 9.34. The summed E-state index contributed by atoms with van der Waals surface area (Å²) in [6.07, 6.45) is -0.853. The Morgan fingerprint density at radius 3 is 2.71 bits per heavy atom. The monoisotopic (exact) mass is 487 g/mol. The Balaban J connectivity index is 1.30. The topological polar surface area (TPSA) is 67.1 Å². The molecule has 0 atom stereocenters. The van der Waals surface area contributed by atoms with Crippen molar-refractivity contribution in [3.63, 3.8) is 0 Å². The van der Waals surface area contributed by atoms with Gasteiger partial charge >= 0.3 is 6.18 Å². The van der Waals surface area contributed by atoms with Crippen molar-refractivity contribution in [1.29, 1.82) is 0 Å². The van der Waals surface area contributed by atoms with Crippen LogP contribution in [0.15, 0.2) is 45.7 Å². The van der Waals surface area contributed by atoms with Crippen LogP contribution in [0.25, 0.3) is 22.0 Å². The highest BCUT2D eigenvalue weighted by atomic mass is 32.1. The van der Waals surface area contributed by atoms with E-state index >= 15 is 0 Å². The molecule has 1 aliphatic heterocycles. The highest BCUT2D eigenvalue weighted by Crippen LogP contribution is 2.35. The Kier molecular flexibility index (Phi) is 6.26. The maximum absolute atomic E-state index is 13.3. The first kappa shape index (κ1) is 22.8. The number of pyridine rings is 2. The highest BCUT2D eigenvalue weighted by molar-refractivity contribution is 7.08. The molecule has 178 valence electrons. The van der Waals surface area contributed by atoms with Gasteiger partial charge in [-0.2, -0.15) is 24.5 Å². The van der Waals surface area contributed by atoms with E-state index in [-0.39, 0.29) is 0 Å². The number of fused-ring (bicyclic) bond motifs is 1. The van der Waals surface area contributed by atoms with Gasteiger partial charge in [0.1, 0.15) is 17.3 Å². The van der Waals surface area contributed by atoms with E-state index in [1.165, 1.54) is 17.4 Å². The summed E-state index contributed by atoms with van der Waals surface area (Å²) in [5.41, 5.74) is 1.77. The number of hydrogen-bond acceptors (Lipinski definition) is 7. The number of aryl methyl sites for hydroxylation is 1. The van der Waals surface area contributed by atoms with Crippen molar-refractivity contribution < 1.29 is 17.7 Å². The Morgan fingerprint density at radius 1 is 1.21 bits per heavy atom. The van der Waals surface area contributed by atoms with Crippen LogP contribution in [0.4, 0.5) is 19.0 Å². The molecule has 0 aliphatic carbocycles. The molecule has 5 heterocycles. The van der Waals surface area contributed by atoms with Gasteiger partial charge in [0.25, 0.3) is 0 Å². The molecule has 10 heteroatoms. The van der Waals surface area contributed by atoms with Crippen molar-refractivity contribution in [2.45, 2.75) is 32.5 Å². The summed E-state index contributed by atoms with van der Waals surface area (Å²) in [4.78, 5) is 10.9. The number of rotatable bonds is 6. The summed E-state index contributed by atoms with van der Waals surface area (Å²) in [6.45, 7) is 5.29. The maximum atomic E-state index is 13.3. The van der Waals surface area contributed by atoms with Gasteiger partial charge in [-0.25, -0.2) is 9.97 Å². The minimum Gasteiger partial charge on any atom is -0.369 e. The van der Waals surface area contributed by atoms with Crippen LogP contribution in [-0.4, -0.2) is 39.7 Å². The van der Waals surface area contributed by atoms with E-state index < -0.39 is 11.9 Å². The lowest BCUT2D eigenvalue weighted by molar-refractivity contribution is -0.140. The largest absolute Gasteiger partial charge is 0.433 e. The van der Waals surface area contributed by atoms with Gasteiger partial charge in [0.15, 0.2) is 0 Å². The van der Waals surface area contributed by atoms with Crippen LogP contribution in [0.3, 0.4) is 0 Å². The number of nitrogens with zero attached hydrogens (tertiary/aromatic N) is 4. The first-order valence-electron chi connectivity index (χ1n) is 11.1. The van der Waals surface area contributed by atoms with Crippen molar-refractivity contribution in [1.82, 2.24) is 20.0 Å². The summed E-state index contributed by atoms with van der Waals surface area (Å²) in [5, 5.41) is 11.8. The summed E-state index contributed by atoms with van der Waals surface area (Å²) in [5.74, 6) is 1.83. The van der Waals surface area contributed by atoms with Crippen molar-refractivity contribution in [3.8, 4) is 11.1 Å². The first-order chi connectivity index (χ1) is 16.4. The van der Waals surface area contributed by atoms with E-state index in [0.717, 1.165) is 55.6 Å². The SMILES string of the molecule is Cc1cc(CN2CCC(CNc3ncc(-c4ccsc4)c4nc(C(F)(F)F)ccc34)CC2)no1. The minimum atomic E-state index is -4.50. The van der Waals surface area contributed by atoms with Gasteiger partial charge in [-0.1, -0.05) is 5.16 Å². The molecule has 0 unspecified atom stereocenters. The molecule has 1 aliphatic rings. The van der Waals surface area contributed by atoms with Crippen LogP contribution in [0.2, 0.25) is 0 Å². The normalized spacial score (nSPS) is 15.8. The van der Waals surface area contributed by atoms with Crippen LogP contribution in [0.5, 0.6) is 0 Å². The molecule has 0 saturated carbocycles. The van der Waals surface area contributed by atoms with Gasteiger partial charge in [-0.05, 0) is 73.3 Å². The van der Waals surface area contributed by atoms with Crippen LogP contribution < -0.4 is 5.32 Å². The van der Waals surface area contributed by atoms with E-state index in [4.69, 9.17) is 4.52 Å². The van der Waals surface area contributed by atoms with Crippen LogP contribution in [-0.2, 0) is 12.7 Å². The number of likely N-dealkylation sites (tertiary alicyclic amines) is 1. The fraction of sp³-hybridized carbons (Fsp3) is 0.375. The molecule has 0 bridgehead atoms. The van der Waals surface area contributed by atoms with E-state index in [0.29, 0.717) is 34.7 Å². The number of nitrogens with one attached hydrogen (secondary N) is 1. The molecule has 0 spiro atoms. The predicted molar refractivity (Wildman–Crippen MR) is 126 cm³/mol. The van der Waals surface area contributed by atoms with E-state index in [2.05, 4.69) is 25.3 Å². The highest BCUT2D eigenvalue weighted by Gasteiger charge is 2.33. The Hall–Kier alpha value is -2.98. The number of piperidine rings is 1. The molecule has 6 nitrogen and oxygen atoms in total. The third kappa shape index (κ3) is 4.92. The van der Waals surface area contributed by atoms with Crippen molar-refractivity contribution >= 4 is 28.1 Å². The summed E-state index contributed by atoms with van der Waals surface area (Å²) < 4.78 is 45.2. The number of halogens is 3. The number of hydrogen-bond donors (Lipinski definition) is 1. The van der Waals surface area contributed by atoms with E-state index in [1.807, 2.05) is 29.8 Å². The second-order valence-electron chi connectivity index (χ2n) is 8.65. The predicted octanol–water partition coefficient (Wildman–Crippen LogP) is 6.00. The van der Waals surface area contributed by atoms with Crippen LogP contribution >= 0.6 is 11.3 Å². The zero-order valence-electron chi connectivity index (χ0n) is 18.6. The minimum absolute atomic E-state index is 0.309. The number of anilines is 1. The quantitative estimate of drug-likeness (QED) is 0.360. The molecule has 4 aromatic rings. The molecular formula is C24H24F3N5OS. The maximum Gasteiger partial charge on any atom is 0.433 e. The van der Waals surface area contributed by atoms with Gasteiger partial charge in [0.05, 0.1) is 11.2 Å². The van der Waals surface area contributed by atoms with Gasteiger partial charge in [0.2, 0.25) is 0 Å². The van der Waals surface area contributed by atoms with Crippen LogP contribution in [0.1, 0.15) is 30.0 Å². The standard InChI is InChI=1S/C24H24F3N5OS/c1-15-10-18(31-33-15)13-32-7-4-16(5-8-32)11-28-23-19-2-3-21(24(25,26)27)30-22(19)20(12-29-23)17-6-9-34-14-17/h2-3,6,9-10,12,14,16H,4-5,7-8,11,13H2,1H3,(H,28,29). The molecule has 1 saturated heterocycles. The van der Waals surface area contributed by atoms with E-state index in [9.17, 15) is 13.2 Å². The summed E-state index contributed by atoms with van der Waals surface area (Å²) >= 11 is 1.48. The fourth-order valence-corrected chi connectivity index (χ4v) is 5.01. The Bertz CT molecular complexity index is 1260. The lowest BCUT2D eigenvalue weighted by Gasteiger charge is -2.31. The third-order valence-electron chi connectivity index (χ3n) is 6.18. The zero-order valence-corrected chi connectivity index (χ0v) is 19.4. The zero-order chi connectivity index (χ0) is 23.7. The molecule has 1 fully saturated rings. The number of aromatic nitrogens is 3. The Morgan fingerprint density at radius 2 is 2.03 bits per heavy atom. The average molecular weight is 488 g/mol. The molecule has 0 amide bonds. The molecule has 0 aromatic carbocycles. The van der Waals surface area contributed by atoms with Gasteiger partial charge in [-0.3, -0.25) is 4.90 Å².